The Morgan fingerprint density at radius 1 is 1.33 bits per heavy atom. The molecule has 0 aliphatic carbocycles. The van der Waals surface area contributed by atoms with Crippen LogP contribution in [0.1, 0.15) is 27.7 Å². The maximum Gasteiger partial charge on any atom is 0.0933 e. The van der Waals surface area contributed by atoms with Gasteiger partial charge in [0.15, 0.2) is 0 Å². The second kappa shape index (κ2) is 5.58. The molecule has 0 spiro atoms. The summed E-state index contributed by atoms with van der Waals surface area (Å²) >= 11 is 0. The van der Waals surface area contributed by atoms with E-state index in [2.05, 4.69) is 11.7 Å². The van der Waals surface area contributed by atoms with E-state index in [4.69, 9.17) is 4.74 Å². The van der Waals surface area contributed by atoms with Crippen LogP contribution >= 0.6 is 0 Å². The number of hydrogen-bond acceptors (Lipinski definition) is 2. The van der Waals surface area contributed by atoms with E-state index in [1.165, 1.54) is 0 Å². The van der Waals surface area contributed by atoms with Crippen molar-refractivity contribution in [3.63, 3.8) is 0 Å². The summed E-state index contributed by atoms with van der Waals surface area (Å²) in [6, 6.07) is 0. The molecule has 0 atom stereocenters. The predicted molar refractivity (Wildman–Crippen MR) is 53.3 cm³/mol. The molecule has 0 heterocycles. The Morgan fingerprint density at radius 2 is 1.92 bits per heavy atom. The van der Waals surface area contributed by atoms with Gasteiger partial charge >= 0.3 is 0 Å². The molecule has 0 aliphatic rings. The number of allylic oxidation sites excluding steroid dienone is 4. The summed E-state index contributed by atoms with van der Waals surface area (Å²) in [4.78, 5) is 3.75. The van der Waals surface area contributed by atoms with E-state index in [1.54, 1.807) is 0 Å². The van der Waals surface area contributed by atoms with Gasteiger partial charge in [0.05, 0.1) is 11.9 Å². The molecule has 0 aliphatic heterocycles. The molecule has 12 heavy (non-hydrogen) atoms. The summed E-state index contributed by atoms with van der Waals surface area (Å²) in [5.74, 6) is 0.896. The summed E-state index contributed by atoms with van der Waals surface area (Å²) in [5, 5.41) is 0. The lowest BCUT2D eigenvalue weighted by Crippen LogP contribution is -1.99. The van der Waals surface area contributed by atoms with Crippen LogP contribution in [0.3, 0.4) is 0 Å². The van der Waals surface area contributed by atoms with Crippen LogP contribution in [0, 0.1) is 0 Å². The highest BCUT2D eigenvalue weighted by atomic mass is 16.5. The molecular weight excluding hydrogens is 150 g/mol. The quantitative estimate of drug-likeness (QED) is 0.358. The third-order valence-electron chi connectivity index (χ3n) is 1.23. The zero-order valence-electron chi connectivity index (χ0n) is 8.29. The fourth-order valence-electron chi connectivity index (χ4n) is 0.702. The standard InChI is InChI=1S/C10H17NO/c1-8(2)12-10(4)7-6-9(3)11-5/h6-8H,5H2,1-4H3/b9-6-,10-7+. The fourth-order valence-corrected chi connectivity index (χ4v) is 0.702. The molecule has 0 aromatic rings. The Kier molecular flexibility index (Phi) is 5.09. The number of rotatable bonds is 4. The van der Waals surface area contributed by atoms with Crippen molar-refractivity contribution >= 4 is 6.72 Å². The SMILES string of the molecule is C=N/C(C)=C\C=C(/C)OC(C)C. The van der Waals surface area contributed by atoms with Crippen molar-refractivity contribution in [2.45, 2.75) is 33.8 Å². The molecule has 0 rings (SSSR count). The molecular formula is C10H17NO. The number of aliphatic imine (C=N–C) groups is 1. The zero-order chi connectivity index (χ0) is 9.56. The minimum atomic E-state index is 0.228. The van der Waals surface area contributed by atoms with Gasteiger partial charge in [-0.05, 0) is 46.6 Å². The minimum Gasteiger partial charge on any atom is -0.496 e. The highest BCUT2D eigenvalue weighted by Gasteiger charge is 1.92. The minimum absolute atomic E-state index is 0.228. The van der Waals surface area contributed by atoms with Crippen LogP contribution in [0.25, 0.3) is 0 Å². The topological polar surface area (TPSA) is 21.6 Å². The zero-order valence-corrected chi connectivity index (χ0v) is 8.29. The summed E-state index contributed by atoms with van der Waals surface area (Å²) in [6.07, 6.45) is 4.00. The molecule has 0 saturated carbocycles. The van der Waals surface area contributed by atoms with E-state index >= 15 is 0 Å². The van der Waals surface area contributed by atoms with Crippen LogP contribution in [0.2, 0.25) is 0 Å². The van der Waals surface area contributed by atoms with Crippen molar-refractivity contribution in [1.29, 1.82) is 0 Å². The van der Waals surface area contributed by atoms with Crippen LogP contribution in [-0.4, -0.2) is 12.8 Å². The van der Waals surface area contributed by atoms with Crippen molar-refractivity contribution in [2.24, 2.45) is 4.99 Å². The molecule has 0 aromatic heterocycles. The van der Waals surface area contributed by atoms with Crippen LogP contribution < -0.4 is 0 Å². The summed E-state index contributed by atoms with van der Waals surface area (Å²) < 4.78 is 5.40. The predicted octanol–water partition coefficient (Wildman–Crippen LogP) is 2.92. The van der Waals surface area contributed by atoms with Crippen molar-refractivity contribution in [1.82, 2.24) is 0 Å². The van der Waals surface area contributed by atoms with Gasteiger partial charge in [0.25, 0.3) is 0 Å². The Morgan fingerprint density at radius 3 is 2.33 bits per heavy atom. The third kappa shape index (κ3) is 5.71. The van der Waals surface area contributed by atoms with E-state index in [-0.39, 0.29) is 6.10 Å². The summed E-state index contributed by atoms with van der Waals surface area (Å²) in [6.45, 7) is 11.2. The molecule has 0 bridgehead atoms. The lowest BCUT2D eigenvalue weighted by molar-refractivity contribution is 0.149. The first-order valence-corrected chi connectivity index (χ1v) is 4.05. The monoisotopic (exact) mass is 167 g/mol. The van der Waals surface area contributed by atoms with Crippen LogP contribution in [0.4, 0.5) is 0 Å². The lowest BCUT2D eigenvalue weighted by atomic mass is 10.4. The van der Waals surface area contributed by atoms with Gasteiger partial charge < -0.3 is 4.74 Å². The van der Waals surface area contributed by atoms with Gasteiger partial charge in [-0.1, -0.05) is 0 Å². The first-order valence-electron chi connectivity index (χ1n) is 4.05. The largest absolute Gasteiger partial charge is 0.496 e. The van der Waals surface area contributed by atoms with Crippen molar-refractivity contribution < 1.29 is 4.74 Å². The van der Waals surface area contributed by atoms with E-state index < -0.39 is 0 Å². The first-order chi connectivity index (χ1) is 5.56. The lowest BCUT2D eigenvalue weighted by Gasteiger charge is -2.08. The molecule has 0 radical (unpaired) electrons. The normalized spacial score (nSPS) is 13.4. The highest BCUT2D eigenvalue weighted by Crippen LogP contribution is 2.02. The molecule has 0 amide bonds. The molecule has 0 aromatic carbocycles. The van der Waals surface area contributed by atoms with E-state index in [0.717, 1.165) is 11.5 Å². The summed E-state index contributed by atoms with van der Waals surface area (Å²) in [7, 11) is 0. The first kappa shape index (κ1) is 11.0. The number of ether oxygens (including phenoxy) is 1. The smallest absolute Gasteiger partial charge is 0.0933 e. The second-order valence-corrected chi connectivity index (χ2v) is 2.91. The number of nitrogens with zero attached hydrogens (tertiary/aromatic N) is 1. The third-order valence-corrected chi connectivity index (χ3v) is 1.23. The molecule has 2 nitrogen and oxygen atoms in total. The van der Waals surface area contributed by atoms with Gasteiger partial charge in [0.1, 0.15) is 0 Å². The van der Waals surface area contributed by atoms with Crippen LogP contribution in [0.15, 0.2) is 28.6 Å². The van der Waals surface area contributed by atoms with E-state index in [1.807, 2.05) is 39.8 Å². The van der Waals surface area contributed by atoms with Gasteiger partial charge in [-0.2, -0.15) is 0 Å². The molecule has 0 N–H and O–H groups in total. The van der Waals surface area contributed by atoms with Crippen molar-refractivity contribution in [2.75, 3.05) is 0 Å². The number of hydrogen-bond donors (Lipinski definition) is 0. The highest BCUT2D eigenvalue weighted by molar-refractivity contribution is 5.29. The summed E-state index contributed by atoms with van der Waals surface area (Å²) in [5.41, 5.74) is 0.890. The van der Waals surface area contributed by atoms with Crippen molar-refractivity contribution in [3.8, 4) is 0 Å². The van der Waals surface area contributed by atoms with E-state index in [9.17, 15) is 0 Å². The molecule has 0 fully saturated rings. The van der Waals surface area contributed by atoms with Gasteiger partial charge in [-0.25, -0.2) is 0 Å². The Hall–Kier alpha value is -1.05. The second-order valence-electron chi connectivity index (χ2n) is 2.91. The maximum atomic E-state index is 5.40. The Balaban J connectivity index is 4.08. The molecule has 0 unspecified atom stereocenters. The van der Waals surface area contributed by atoms with Gasteiger partial charge in [0.2, 0.25) is 0 Å². The molecule has 68 valence electrons. The Bertz CT molecular complexity index is 202. The van der Waals surface area contributed by atoms with Gasteiger partial charge in [-0.15, -0.1) is 0 Å². The van der Waals surface area contributed by atoms with Gasteiger partial charge in [0, 0.05) is 5.70 Å². The average molecular weight is 167 g/mol. The Labute approximate surface area is 74.7 Å². The van der Waals surface area contributed by atoms with Gasteiger partial charge in [-0.3, -0.25) is 4.99 Å². The van der Waals surface area contributed by atoms with Crippen LogP contribution in [-0.2, 0) is 4.74 Å². The fraction of sp³-hybridized carbons (Fsp3) is 0.500. The maximum absolute atomic E-state index is 5.40. The molecule has 0 saturated heterocycles. The average Bonchev–Trinajstić information content (AvgIpc) is 1.99. The van der Waals surface area contributed by atoms with Crippen LogP contribution in [0.5, 0.6) is 0 Å². The molecule has 2 heteroatoms. The van der Waals surface area contributed by atoms with E-state index in [0.29, 0.717) is 0 Å². The van der Waals surface area contributed by atoms with Crippen molar-refractivity contribution in [3.05, 3.63) is 23.6 Å².